The molecule has 0 spiro atoms. The Kier molecular flexibility index (Phi) is 6.49. The molecule has 1 saturated carbocycles. The number of anilines is 1. The third-order valence-electron chi connectivity index (χ3n) is 4.42. The molecular weight excluding hydrogens is 487 g/mol. The summed E-state index contributed by atoms with van der Waals surface area (Å²) in [5, 5.41) is 5.07. The highest BCUT2D eigenvalue weighted by Crippen LogP contribution is 2.65. The van der Waals surface area contributed by atoms with Gasteiger partial charge in [-0.2, -0.15) is 13.2 Å². The maximum atomic E-state index is 12.7. The van der Waals surface area contributed by atoms with Crippen LogP contribution >= 0.6 is 46.4 Å². The number of amides is 2. The summed E-state index contributed by atoms with van der Waals surface area (Å²) in [4.78, 5) is 24.6. The van der Waals surface area contributed by atoms with Crippen molar-refractivity contribution in [1.82, 2.24) is 5.32 Å². The predicted octanol–water partition coefficient (Wildman–Crippen LogP) is 5.81. The van der Waals surface area contributed by atoms with Crippen molar-refractivity contribution in [2.45, 2.75) is 16.4 Å². The van der Waals surface area contributed by atoms with E-state index in [1.807, 2.05) is 0 Å². The highest BCUT2D eigenvalue weighted by atomic mass is 35.5. The van der Waals surface area contributed by atoms with Crippen LogP contribution < -0.4 is 10.6 Å². The molecule has 0 bridgehead atoms. The molecule has 0 aliphatic heterocycles. The van der Waals surface area contributed by atoms with Gasteiger partial charge in [0.05, 0.1) is 5.92 Å². The van der Waals surface area contributed by atoms with Crippen LogP contribution in [0.2, 0.25) is 10.0 Å². The van der Waals surface area contributed by atoms with Crippen LogP contribution in [0.15, 0.2) is 42.5 Å². The van der Waals surface area contributed by atoms with E-state index < -0.39 is 40.7 Å². The van der Waals surface area contributed by atoms with E-state index in [4.69, 9.17) is 46.4 Å². The monoisotopic (exact) mass is 498 g/mol. The molecule has 1 aliphatic carbocycles. The number of rotatable bonds is 5. The van der Waals surface area contributed by atoms with Gasteiger partial charge < -0.3 is 10.6 Å². The number of halogens is 7. The fourth-order valence-electron chi connectivity index (χ4n) is 3.06. The number of nitrogens with one attached hydrogen (secondary N) is 2. The molecule has 11 heteroatoms. The van der Waals surface area contributed by atoms with Gasteiger partial charge in [0.1, 0.15) is 10.9 Å². The van der Waals surface area contributed by atoms with Crippen LogP contribution in [0.5, 0.6) is 0 Å². The van der Waals surface area contributed by atoms with Crippen molar-refractivity contribution in [2.75, 3.05) is 11.9 Å². The quantitative estimate of drug-likeness (QED) is 0.510. The molecule has 0 radical (unpaired) electrons. The lowest BCUT2D eigenvalue weighted by molar-refractivity contribution is -0.123. The van der Waals surface area contributed by atoms with Gasteiger partial charge in [-0.05, 0) is 42.0 Å². The Hall–Kier alpha value is -1.67. The maximum absolute atomic E-state index is 12.7. The summed E-state index contributed by atoms with van der Waals surface area (Å²) in [6.45, 7) is -1.46. The maximum Gasteiger partial charge on any atom is 0.405 e. The van der Waals surface area contributed by atoms with Gasteiger partial charge in [0.2, 0.25) is 5.91 Å². The highest BCUT2D eigenvalue weighted by molar-refractivity contribution is 6.53. The van der Waals surface area contributed by atoms with Crippen molar-refractivity contribution in [3.8, 4) is 0 Å². The molecule has 3 rings (SSSR count). The van der Waals surface area contributed by atoms with E-state index >= 15 is 0 Å². The van der Waals surface area contributed by atoms with Crippen LogP contribution in [0.4, 0.5) is 18.9 Å². The van der Waals surface area contributed by atoms with Crippen LogP contribution in [0.1, 0.15) is 21.8 Å². The van der Waals surface area contributed by atoms with Crippen molar-refractivity contribution >= 4 is 63.9 Å². The fraction of sp³-hybridized carbons (Fsp3) is 0.263. The number of hydrogen-bond acceptors (Lipinski definition) is 2. The van der Waals surface area contributed by atoms with Gasteiger partial charge in [-0.15, -0.1) is 23.2 Å². The van der Waals surface area contributed by atoms with Crippen molar-refractivity contribution in [3.05, 3.63) is 63.6 Å². The smallest absolute Gasteiger partial charge is 0.343 e. The molecule has 2 aromatic rings. The van der Waals surface area contributed by atoms with E-state index in [1.165, 1.54) is 30.3 Å². The molecule has 2 atom stereocenters. The molecule has 2 N–H and O–H groups in total. The van der Waals surface area contributed by atoms with Gasteiger partial charge >= 0.3 is 6.18 Å². The summed E-state index contributed by atoms with van der Waals surface area (Å²) >= 11 is 24.6. The summed E-state index contributed by atoms with van der Waals surface area (Å²) < 4.78 is 35.4. The Labute approximate surface area is 189 Å². The zero-order chi connectivity index (χ0) is 22.3. The van der Waals surface area contributed by atoms with Crippen LogP contribution in [-0.2, 0) is 4.79 Å². The second-order valence-corrected chi connectivity index (χ2v) is 9.02. The lowest BCUT2D eigenvalue weighted by Crippen LogP contribution is -2.33. The average molecular weight is 500 g/mol. The van der Waals surface area contributed by atoms with Gasteiger partial charge in [-0.1, -0.05) is 29.3 Å². The van der Waals surface area contributed by atoms with Gasteiger partial charge in [0.25, 0.3) is 5.91 Å². The average Bonchev–Trinajstić information content (AvgIpc) is 3.21. The van der Waals surface area contributed by atoms with E-state index in [0.29, 0.717) is 15.6 Å². The van der Waals surface area contributed by atoms with Crippen LogP contribution in [-0.4, -0.2) is 28.9 Å². The zero-order valence-electron chi connectivity index (χ0n) is 14.9. The number of carbonyl (C=O) groups is 2. The minimum absolute atomic E-state index is 0.0472. The molecule has 160 valence electrons. The minimum Gasteiger partial charge on any atom is -0.343 e. The Morgan fingerprint density at radius 2 is 1.67 bits per heavy atom. The Balaban J connectivity index is 1.71. The normalized spacial score (nSPS) is 19.8. The topological polar surface area (TPSA) is 58.2 Å². The fourth-order valence-corrected chi connectivity index (χ4v) is 4.43. The van der Waals surface area contributed by atoms with Crippen molar-refractivity contribution in [1.29, 1.82) is 0 Å². The molecule has 0 aromatic heterocycles. The molecule has 1 aliphatic rings. The Morgan fingerprint density at radius 1 is 1.03 bits per heavy atom. The first-order chi connectivity index (χ1) is 13.9. The Bertz CT molecular complexity index is 978. The zero-order valence-corrected chi connectivity index (χ0v) is 17.9. The molecule has 2 unspecified atom stereocenters. The van der Waals surface area contributed by atoms with Gasteiger partial charge in [-0.3, -0.25) is 9.59 Å². The van der Waals surface area contributed by atoms with Gasteiger partial charge in [-0.25, -0.2) is 0 Å². The first-order valence-corrected chi connectivity index (χ1v) is 9.99. The molecule has 2 aromatic carbocycles. The van der Waals surface area contributed by atoms with Crippen molar-refractivity contribution in [2.24, 2.45) is 5.92 Å². The van der Waals surface area contributed by atoms with E-state index in [2.05, 4.69) is 5.32 Å². The van der Waals surface area contributed by atoms with Gasteiger partial charge in [0, 0.05) is 27.2 Å². The highest BCUT2D eigenvalue weighted by Gasteiger charge is 2.67. The summed E-state index contributed by atoms with van der Waals surface area (Å²) in [5.41, 5.74) is 0.755. The minimum atomic E-state index is -4.53. The second kappa shape index (κ2) is 8.46. The largest absolute Gasteiger partial charge is 0.405 e. The summed E-state index contributed by atoms with van der Waals surface area (Å²) in [5.74, 6) is -2.83. The molecule has 0 heterocycles. The summed E-state index contributed by atoms with van der Waals surface area (Å²) in [6, 6.07) is 10.2. The predicted molar refractivity (Wildman–Crippen MR) is 111 cm³/mol. The van der Waals surface area contributed by atoms with E-state index in [1.54, 1.807) is 17.4 Å². The SMILES string of the molecule is O=C(NCC(F)(F)F)c1cccc(NC(=O)C2C(c3cc(Cl)cc(Cl)c3)C2(Cl)Cl)c1. The lowest BCUT2D eigenvalue weighted by Gasteiger charge is -2.10. The number of alkyl halides is 5. The standard InChI is InChI=1S/C19H13Cl4F3N2O2/c20-11-4-10(5-12(21)7-11)14-15(19(14,22)23)17(30)28-13-3-1-2-9(6-13)16(29)27-8-18(24,25)26/h1-7,14-15H,8H2,(H,27,29)(H,28,30). The molecule has 1 fully saturated rings. The molecule has 4 nitrogen and oxygen atoms in total. The van der Waals surface area contributed by atoms with Crippen LogP contribution in [0.3, 0.4) is 0 Å². The van der Waals surface area contributed by atoms with E-state index in [9.17, 15) is 22.8 Å². The van der Waals surface area contributed by atoms with Crippen molar-refractivity contribution < 1.29 is 22.8 Å². The molecular formula is C19H13Cl4F3N2O2. The lowest BCUT2D eigenvalue weighted by atomic mass is 10.1. The van der Waals surface area contributed by atoms with E-state index in [0.717, 1.165) is 0 Å². The third-order valence-corrected chi connectivity index (χ3v) is 5.80. The van der Waals surface area contributed by atoms with Crippen LogP contribution in [0.25, 0.3) is 0 Å². The Morgan fingerprint density at radius 3 is 2.27 bits per heavy atom. The van der Waals surface area contributed by atoms with Crippen LogP contribution in [0, 0.1) is 5.92 Å². The first kappa shape index (κ1) is 23.0. The number of benzene rings is 2. The number of hydrogen-bond donors (Lipinski definition) is 2. The summed E-state index contributed by atoms with van der Waals surface area (Å²) in [7, 11) is 0. The second-order valence-electron chi connectivity index (χ2n) is 6.70. The van der Waals surface area contributed by atoms with Crippen molar-refractivity contribution in [3.63, 3.8) is 0 Å². The van der Waals surface area contributed by atoms with E-state index in [-0.39, 0.29) is 11.3 Å². The third kappa shape index (κ3) is 5.32. The number of carbonyl (C=O) groups excluding carboxylic acids is 2. The molecule has 0 saturated heterocycles. The molecule has 30 heavy (non-hydrogen) atoms. The van der Waals surface area contributed by atoms with Gasteiger partial charge in [0.15, 0.2) is 0 Å². The molecule has 2 amide bonds. The first-order valence-electron chi connectivity index (χ1n) is 8.48. The summed E-state index contributed by atoms with van der Waals surface area (Å²) in [6.07, 6.45) is -4.53.